The molecule has 116 valence electrons. The van der Waals surface area contributed by atoms with Crippen molar-refractivity contribution in [2.75, 3.05) is 13.1 Å². The summed E-state index contributed by atoms with van der Waals surface area (Å²) in [6.07, 6.45) is 8.62. The van der Waals surface area contributed by atoms with Crippen molar-refractivity contribution in [3.8, 4) is 5.75 Å². The summed E-state index contributed by atoms with van der Waals surface area (Å²) in [5.74, 6) is 1.60. The summed E-state index contributed by atoms with van der Waals surface area (Å²) in [6, 6.07) is 6.14. The first kappa shape index (κ1) is 13.8. The molecule has 1 N–H and O–H groups in total. The van der Waals surface area contributed by atoms with Gasteiger partial charge in [0.25, 0.3) is 0 Å². The van der Waals surface area contributed by atoms with Crippen molar-refractivity contribution in [3.05, 3.63) is 42.0 Å². The molecule has 4 rings (SSSR count). The minimum absolute atomic E-state index is 0.309. The van der Waals surface area contributed by atoms with Gasteiger partial charge >= 0.3 is 0 Å². The Hall–Kier alpha value is -1.88. The molecule has 2 aromatic heterocycles. The number of nitrogens with one attached hydrogen (secondary N) is 1. The third kappa shape index (κ3) is 3.30. The van der Waals surface area contributed by atoms with Gasteiger partial charge in [-0.1, -0.05) is 0 Å². The molecule has 0 aromatic carbocycles. The zero-order chi connectivity index (χ0) is 14.8. The van der Waals surface area contributed by atoms with Crippen molar-refractivity contribution < 1.29 is 4.74 Å². The van der Waals surface area contributed by atoms with E-state index in [-0.39, 0.29) is 0 Å². The van der Waals surface area contributed by atoms with Crippen molar-refractivity contribution in [1.29, 1.82) is 0 Å². The highest BCUT2D eigenvalue weighted by atomic mass is 16.5. The van der Waals surface area contributed by atoms with Crippen LogP contribution in [0.25, 0.3) is 0 Å². The fourth-order valence-electron chi connectivity index (χ4n) is 3.08. The van der Waals surface area contributed by atoms with Crippen LogP contribution in [0.5, 0.6) is 5.75 Å². The smallest absolute Gasteiger partial charge is 0.137 e. The number of nitrogens with zero attached hydrogens (tertiary/aromatic N) is 3. The zero-order valence-electron chi connectivity index (χ0n) is 12.7. The number of hydrogen-bond acceptors (Lipinski definition) is 4. The van der Waals surface area contributed by atoms with Crippen LogP contribution in [0.1, 0.15) is 43.0 Å². The summed E-state index contributed by atoms with van der Waals surface area (Å²) < 4.78 is 5.99. The van der Waals surface area contributed by atoms with Crippen LogP contribution in [0.4, 0.5) is 0 Å². The maximum Gasteiger partial charge on any atom is 0.137 e. The molecule has 0 atom stereocenters. The molecular formula is C17H22N4O. The Morgan fingerprint density at radius 1 is 1.23 bits per heavy atom. The van der Waals surface area contributed by atoms with Crippen molar-refractivity contribution in [1.82, 2.24) is 20.1 Å². The van der Waals surface area contributed by atoms with E-state index in [2.05, 4.69) is 26.1 Å². The Morgan fingerprint density at radius 2 is 2.09 bits per heavy atom. The van der Waals surface area contributed by atoms with Gasteiger partial charge in [0.15, 0.2) is 0 Å². The first-order chi connectivity index (χ1) is 10.9. The molecule has 0 unspecified atom stereocenters. The maximum absolute atomic E-state index is 5.99. The third-order valence-corrected chi connectivity index (χ3v) is 4.51. The molecule has 1 aliphatic carbocycles. The molecule has 3 heterocycles. The second-order valence-electron chi connectivity index (χ2n) is 6.37. The van der Waals surface area contributed by atoms with E-state index in [0.717, 1.165) is 44.1 Å². The van der Waals surface area contributed by atoms with E-state index in [1.807, 2.05) is 12.1 Å². The van der Waals surface area contributed by atoms with Crippen molar-refractivity contribution >= 4 is 0 Å². The Labute approximate surface area is 130 Å². The van der Waals surface area contributed by atoms with Crippen molar-refractivity contribution in [2.24, 2.45) is 0 Å². The van der Waals surface area contributed by atoms with Crippen LogP contribution in [-0.4, -0.2) is 39.3 Å². The Morgan fingerprint density at radius 3 is 2.82 bits per heavy atom. The van der Waals surface area contributed by atoms with Crippen LogP contribution in [0.2, 0.25) is 0 Å². The summed E-state index contributed by atoms with van der Waals surface area (Å²) in [5.41, 5.74) is 2.50. The van der Waals surface area contributed by atoms with Gasteiger partial charge in [-0.3, -0.25) is 15.0 Å². The lowest BCUT2D eigenvalue weighted by Gasteiger charge is -2.31. The predicted molar refractivity (Wildman–Crippen MR) is 83.7 cm³/mol. The molecule has 5 nitrogen and oxygen atoms in total. The molecule has 2 aliphatic rings. The van der Waals surface area contributed by atoms with E-state index >= 15 is 0 Å². The molecular weight excluding hydrogens is 276 g/mol. The monoisotopic (exact) mass is 298 g/mol. The van der Waals surface area contributed by atoms with Crippen LogP contribution in [0.3, 0.4) is 0 Å². The van der Waals surface area contributed by atoms with Crippen LogP contribution in [0, 0.1) is 0 Å². The van der Waals surface area contributed by atoms with Crippen molar-refractivity contribution in [2.45, 2.75) is 44.2 Å². The van der Waals surface area contributed by atoms with Crippen LogP contribution < -0.4 is 4.74 Å². The number of aromatic nitrogens is 3. The molecule has 1 aliphatic heterocycles. The van der Waals surface area contributed by atoms with Crippen LogP contribution in [-0.2, 0) is 6.54 Å². The summed E-state index contributed by atoms with van der Waals surface area (Å²) in [6.45, 7) is 3.12. The lowest BCUT2D eigenvalue weighted by Crippen LogP contribution is -2.37. The van der Waals surface area contributed by atoms with Gasteiger partial charge < -0.3 is 4.74 Å². The van der Waals surface area contributed by atoms with Crippen molar-refractivity contribution in [3.63, 3.8) is 0 Å². The number of pyridine rings is 1. The average molecular weight is 298 g/mol. The van der Waals surface area contributed by atoms with Gasteiger partial charge in [0.2, 0.25) is 0 Å². The molecule has 0 spiro atoms. The number of aromatic amines is 1. The molecule has 5 heteroatoms. The largest absolute Gasteiger partial charge is 0.489 e. The fourth-order valence-corrected chi connectivity index (χ4v) is 3.08. The standard InChI is InChI=1S/C17H22N4O/c1-2-16(11-18-7-1)22-15-5-8-21(9-6-15)12-14-10-17(20-19-14)13-3-4-13/h1-2,7,10-11,13,15H,3-6,8-9,12H2,(H,19,20). The van der Waals surface area contributed by atoms with E-state index in [4.69, 9.17) is 4.74 Å². The highest BCUT2D eigenvalue weighted by molar-refractivity contribution is 5.18. The molecule has 2 aromatic rings. The second-order valence-corrected chi connectivity index (χ2v) is 6.37. The molecule has 22 heavy (non-hydrogen) atoms. The normalized spacial score (nSPS) is 20.2. The number of hydrogen-bond donors (Lipinski definition) is 1. The Kier molecular flexibility index (Phi) is 3.81. The fraction of sp³-hybridized carbons (Fsp3) is 0.529. The van der Waals surface area contributed by atoms with Gasteiger partial charge in [0, 0.05) is 37.4 Å². The molecule has 1 saturated heterocycles. The highest BCUT2D eigenvalue weighted by Crippen LogP contribution is 2.39. The number of H-pyrrole nitrogens is 1. The molecule has 0 radical (unpaired) electrons. The van der Waals surface area contributed by atoms with Gasteiger partial charge in [0.05, 0.1) is 11.9 Å². The minimum Gasteiger partial charge on any atom is -0.489 e. The lowest BCUT2D eigenvalue weighted by atomic mass is 10.1. The number of piperidine rings is 1. The lowest BCUT2D eigenvalue weighted by molar-refractivity contribution is 0.0958. The zero-order valence-corrected chi connectivity index (χ0v) is 12.7. The SMILES string of the molecule is c1cncc(OC2CCN(Cc3cc(C4CC4)n[nH]3)CC2)c1. The topological polar surface area (TPSA) is 54.0 Å². The molecule has 1 saturated carbocycles. The summed E-state index contributed by atoms with van der Waals surface area (Å²) in [5, 5.41) is 7.63. The van der Waals surface area contributed by atoms with Gasteiger partial charge in [-0.25, -0.2) is 0 Å². The van der Waals surface area contributed by atoms with Gasteiger partial charge in [-0.05, 0) is 43.9 Å². The number of likely N-dealkylation sites (tertiary alicyclic amines) is 1. The first-order valence-electron chi connectivity index (χ1n) is 8.20. The van der Waals surface area contributed by atoms with Crippen LogP contribution in [0.15, 0.2) is 30.6 Å². The summed E-state index contributed by atoms with van der Waals surface area (Å²) in [4.78, 5) is 6.58. The average Bonchev–Trinajstić information content (AvgIpc) is 3.30. The van der Waals surface area contributed by atoms with E-state index in [0.29, 0.717) is 6.10 Å². The van der Waals surface area contributed by atoms with E-state index in [1.54, 1.807) is 12.4 Å². The first-order valence-corrected chi connectivity index (χ1v) is 8.20. The minimum atomic E-state index is 0.309. The summed E-state index contributed by atoms with van der Waals surface area (Å²) >= 11 is 0. The van der Waals surface area contributed by atoms with Crippen LogP contribution >= 0.6 is 0 Å². The van der Waals surface area contributed by atoms with E-state index in [1.165, 1.54) is 24.2 Å². The third-order valence-electron chi connectivity index (χ3n) is 4.51. The van der Waals surface area contributed by atoms with Gasteiger partial charge in [-0.2, -0.15) is 5.10 Å². The van der Waals surface area contributed by atoms with E-state index < -0.39 is 0 Å². The molecule has 0 bridgehead atoms. The predicted octanol–water partition coefficient (Wildman–Crippen LogP) is 2.73. The quantitative estimate of drug-likeness (QED) is 0.922. The summed E-state index contributed by atoms with van der Waals surface area (Å²) in [7, 11) is 0. The molecule has 0 amide bonds. The Balaban J connectivity index is 1.26. The second kappa shape index (κ2) is 6.08. The van der Waals surface area contributed by atoms with Gasteiger partial charge in [-0.15, -0.1) is 0 Å². The number of rotatable bonds is 5. The highest BCUT2D eigenvalue weighted by Gasteiger charge is 2.27. The van der Waals surface area contributed by atoms with E-state index in [9.17, 15) is 0 Å². The number of ether oxygens (including phenoxy) is 1. The van der Waals surface area contributed by atoms with Gasteiger partial charge in [0.1, 0.15) is 11.9 Å². The Bertz CT molecular complexity index is 600. The molecule has 2 fully saturated rings. The maximum atomic E-state index is 5.99.